The number of nitrogens with one attached hydrogen (secondary N) is 1. The molecular formula is C19H22N4O3. The highest BCUT2D eigenvalue weighted by atomic mass is 16.6. The van der Waals surface area contributed by atoms with Crippen molar-refractivity contribution in [1.29, 1.82) is 0 Å². The molecule has 26 heavy (non-hydrogen) atoms. The molecule has 1 aromatic carbocycles. The molecule has 0 radical (unpaired) electrons. The van der Waals surface area contributed by atoms with E-state index in [4.69, 9.17) is 4.74 Å². The molecule has 1 N–H and O–H groups in total. The van der Waals surface area contributed by atoms with Crippen molar-refractivity contribution in [2.45, 2.75) is 40.2 Å². The molecule has 3 rings (SSSR count). The molecule has 0 unspecified atom stereocenters. The van der Waals surface area contributed by atoms with Gasteiger partial charge in [0.2, 0.25) is 0 Å². The molecule has 7 heteroatoms. The zero-order valence-electron chi connectivity index (χ0n) is 15.5. The third kappa shape index (κ3) is 3.33. The highest BCUT2D eigenvalue weighted by molar-refractivity contribution is 5.78. The number of carbonyl (C=O) groups excluding carboxylic acids is 1. The first-order chi connectivity index (χ1) is 12.2. The van der Waals surface area contributed by atoms with E-state index in [2.05, 4.69) is 10.2 Å². The summed E-state index contributed by atoms with van der Waals surface area (Å²) in [5, 5.41) is 7.28. The summed E-state index contributed by atoms with van der Waals surface area (Å²) in [7, 11) is 0. The van der Waals surface area contributed by atoms with Gasteiger partial charge in [-0.2, -0.15) is 9.78 Å². The highest BCUT2D eigenvalue weighted by Gasteiger charge is 2.25. The molecule has 0 spiro atoms. The van der Waals surface area contributed by atoms with Crippen molar-refractivity contribution in [2.24, 2.45) is 0 Å². The number of hydrogen-bond acceptors (Lipinski definition) is 4. The molecule has 0 fully saturated rings. The average molecular weight is 354 g/mol. The lowest BCUT2D eigenvalue weighted by Crippen LogP contribution is -2.28. The van der Waals surface area contributed by atoms with Crippen LogP contribution in [0.3, 0.4) is 0 Å². The molecule has 2 aromatic heterocycles. The van der Waals surface area contributed by atoms with Gasteiger partial charge in [-0.3, -0.25) is 9.89 Å². The molecular weight excluding hydrogens is 332 g/mol. The van der Waals surface area contributed by atoms with Crippen molar-refractivity contribution in [3.8, 4) is 16.9 Å². The lowest BCUT2D eigenvalue weighted by Gasteiger charge is -2.19. The highest BCUT2D eigenvalue weighted by Crippen LogP contribution is 2.22. The van der Waals surface area contributed by atoms with Crippen LogP contribution in [0.25, 0.3) is 16.9 Å². The van der Waals surface area contributed by atoms with Crippen LogP contribution in [0.1, 0.15) is 32.2 Å². The van der Waals surface area contributed by atoms with E-state index in [1.165, 1.54) is 4.68 Å². The zero-order chi connectivity index (χ0) is 19.1. The maximum atomic E-state index is 13.0. The van der Waals surface area contributed by atoms with E-state index >= 15 is 0 Å². The van der Waals surface area contributed by atoms with Crippen molar-refractivity contribution in [3.63, 3.8) is 0 Å². The number of aromatic nitrogens is 4. The van der Waals surface area contributed by atoms with Crippen LogP contribution in [0.5, 0.6) is 0 Å². The van der Waals surface area contributed by atoms with Gasteiger partial charge in [0.15, 0.2) is 0 Å². The smallest absolute Gasteiger partial charge is 0.435 e. The number of benzene rings is 1. The molecule has 0 aliphatic carbocycles. The first-order valence-electron chi connectivity index (χ1n) is 8.35. The number of hydrogen-bond donors (Lipinski definition) is 1. The Bertz CT molecular complexity index is 1000. The van der Waals surface area contributed by atoms with Gasteiger partial charge in [-0.15, -0.1) is 0 Å². The summed E-state index contributed by atoms with van der Waals surface area (Å²) in [5.74, 6) is 0. The van der Waals surface area contributed by atoms with Crippen LogP contribution in [0.4, 0.5) is 4.79 Å². The van der Waals surface area contributed by atoms with Crippen LogP contribution in [-0.2, 0) is 4.74 Å². The Hall–Kier alpha value is -3.09. The Morgan fingerprint density at radius 3 is 2.42 bits per heavy atom. The first-order valence-corrected chi connectivity index (χ1v) is 8.35. The first kappa shape index (κ1) is 17.7. The summed E-state index contributed by atoms with van der Waals surface area (Å²) in [4.78, 5) is 25.5. The van der Waals surface area contributed by atoms with Crippen LogP contribution in [0, 0.1) is 13.8 Å². The predicted octanol–water partition coefficient (Wildman–Crippen LogP) is 3.43. The molecule has 7 nitrogen and oxygen atoms in total. The Morgan fingerprint density at radius 1 is 1.15 bits per heavy atom. The van der Waals surface area contributed by atoms with Crippen molar-refractivity contribution < 1.29 is 9.53 Å². The molecule has 2 heterocycles. The number of aromatic amines is 1. The molecule has 0 aliphatic heterocycles. The minimum atomic E-state index is -0.661. The zero-order valence-corrected chi connectivity index (χ0v) is 15.5. The number of nitrogens with zero attached hydrogens (tertiary/aromatic N) is 3. The van der Waals surface area contributed by atoms with E-state index in [1.54, 1.807) is 40.7 Å². The van der Waals surface area contributed by atoms with Gasteiger partial charge in [0.1, 0.15) is 5.60 Å². The van der Waals surface area contributed by atoms with E-state index in [0.29, 0.717) is 28.3 Å². The van der Waals surface area contributed by atoms with Gasteiger partial charge < -0.3 is 4.74 Å². The van der Waals surface area contributed by atoms with E-state index < -0.39 is 11.7 Å². The Labute approximate surface area is 151 Å². The quantitative estimate of drug-likeness (QED) is 0.764. The van der Waals surface area contributed by atoms with Crippen molar-refractivity contribution in [3.05, 3.63) is 58.1 Å². The fourth-order valence-corrected chi connectivity index (χ4v) is 2.73. The van der Waals surface area contributed by atoms with E-state index in [0.717, 1.165) is 4.68 Å². The van der Waals surface area contributed by atoms with Crippen LogP contribution in [0.15, 0.2) is 41.2 Å². The van der Waals surface area contributed by atoms with Crippen molar-refractivity contribution in [2.75, 3.05) is 0 Å². The van der Waals surface area contributed by atoms with E-state index in [9.17, 15) is 9.59 Å². The second-order valence-electron chi connectivity index (χ2n) is 7.15. The van der Waals surface area contributed by atoms with Gasteiger partial charge in [0, 0.05) is 5.69 Å². The Morgan fingerprint density at radius 2 is 1.81 bits per heavy atom. The molecule has 0 saturated carbocycles. The number of carbonyl (C=O) groups is 1. The molecule has 0 aliphatic rings. The molecule has 0 saturated heterocycles. The van der Waals surface area contributed by atoms with Crippen molar-refractivity contribution in [1.82, 2.24) is 19.6 Å². The summed E-state index contributed by atoms with van der Waals surface area (Å²) >= 11 is 0. The summed E-state index contributed by atoms with van der Waals surface area (Å²) in [5.41, 5.74) is 1.86. The maximum Gasteiger partial charge on any atom is 0.435 e. The Balaban J connectivity index is 2.13. The van der Waals surface area contributed by atoms with Gasteiger partial charge in [0.05, 0.1) is 22.6 Å². The topological polar surface area (TPSA) is 81.9 Å². The van der Waals surface area contributed by atoms with Crippen LogP contribution in [-0.4, -0.2) is 31.3 Å². The van der Waals surface area contributed by atoms with Gasteiger partial charge in [-0.25, -0.2) is 9.48 Å². The van der Waals surface area contributed by atoms with Gasteiger partial charge in [-0.05, 0) is 52.8 Å². The standard InChI is InChI=1S/C19H22N4O3/c1-12-11-15(23(20-12)18(25)26-19(3,4)5)16-13(2)21-22(17(16)24)14-9-7-6-8-10-14/h6-11,21H,1-5H3. The monoisotopic (exact) mass is 354 g/mol. The average Bonchev–Trinajstić information content (AvgIpc) is 3.06. The summed E-state index contributed by atoms with van der Waals surface area (Å²) in [6, 6.07) is 11.0. The summed E-state index contributed by atoms with van der Waals surface area (Å²) in [6.07, 6.45) is -0.619. The SMILES string of the molecule is Cc1cc(-c2c(C)[nH]n(-c3ccccc3)c2=O)n(C(=O)OC(C)(C)C)n1. The summed E-state index contributed by atoms with van der Waals surface area (Å²) in [6.45, 7) is 8.90. The number of ether oxygens (including phenoxy) is 1. The minimum absolute atomic E-state index is 0.251. The van der Waals surface area contributed by atoms with Crippen LogP contribution >= 0.6 is 0 Å². The number of aryl methyl sites for hydroxylation is 2. The lowest BCUT2D eigenvalue weighted by molar-refractivity contribution is 0.0517. The second kappa shape index (κ2) is 6.33. The minimum Gasteiger partial charge on any atom is -0.442 e. The van der Waals surface area contributed by atoms with E-state index in [-0.39, 0.29) is 5.56 Å². The molecule has 0 atom stereocenters. The van der Waals surface area contributed by atoms with Gasteiger partial charge >= 0.3 is 6.09 Å². The lowest BCUT2D eigenvalue weighted by atomic mass is 10.2. The normalized spacial score (nSPS) is 11.6. The van der Waals surface area contributed by atoms with E-state index in [1.807, 2.05) is 30.3 Å². The van der Waals surface area contributed by atoms with Crippen LogP contribution in [0.2, 0.25) is 0 Å². The summed E-state index contributed by atoms with van der Waals surface area (Å²) < 4.78 is 8.01. The molecule has 3 aromatic rings. The third-order valence-electron chi connectivity index (χ3n) is 3.74. The molecule has 0 bridgehead atoms. The maximum absolute atomic E-state index is 13.0. The number of para-hydroxylation sites is 1. The Kier molecular flexibility index (Phi) is 4.31. The number of rotatable bonds is 2. The van der Waals surface area contributed by atoms with Gasteiger partial charge in [-0.1, -0.05) is 18.2 Å². The fourth-order valence-electron chi connectivity index (χ4n) is 2.73. The van der Waals surface area contributed by atoms with Crippen LogP contribution < -0.4 is 5.56 Å². The predicted molar refractivity (Wildman–Crippen MR) is 98.7 cm³/mol. The largest absolute Gasteiger partial charge is 0.442 e. The number of H-pyrrole nitrogens is 1. The molecule has 0 amide bonds. The third-order valence-corrected chi connectivity index (χ3v) is 3.74. The second-order valence-corrected chi connectivity index (χ2v) is 7.15. The van der Waals surface area contributed by atoms with Gasteiger partial charge in [0.25, 0.3) is 5.56 Å². The van der Waals surface area contributed by atoms with Crippen molar-refractivity contribution >= 4 is 6.09 Å². The fraction of sp³-hybridized carbons (Fsp3) is 0.316. The molecule has 136 valence electrons.